The van der Waals surface area contributed by atoms with E-state index >= 15 is 0 Å². The molecule has 0 unspecified atom stereocenters. The normalized spacial score (nSPS) is 8.60. The van der Waals surface area contributed by atoms with E-state index in [2.05, 4.69) is 10.7 Å². The van der Waals surface area contributed by atoms with Crippen molar-refractivity contribution in [2.75, 3.05) is 7.11 Å². The third-order valence-corrected chi connectivity index (χ3v) is 1.62. The van der Waals surface area contributed by atoms with Crippen LogP contribution >= 0.6 is 0 Å². The van der Waals surface area contributed by atoms with Gasteiger partial charge in [-0.05, 0) is 24.3 Å². The van der Waals surface area contributed by atoms with Gasteiger partial charge in [0.15, 0.2) is 0 Å². The summed E-state index contributed by atoms with van der Waals surface area (Å²) in [5.74, 6) is 2.78. The molecule has 0 spiro atoms. The Labute approximate surface area is 86.5 Å². The van der Waals surface area contributed by atoms with Crippen LogP contribution in [0.15, 0.2) is 24.3 Å². The highest BCUT2D eigenvalue weighted by molar-refractivity contribution is 5.89. The van der Waals surface area contributed by atoms with Crippen LogP contribution in [0.5, 0.6) is 0 Å². The van der Waals surface area contributed by atoms with Gasteiger partial charge in [-0.25, -0.2) is 9.59 Å². The van der Waals surface area contributed by atoms with Crippen LogP contribution in [0.2, 0.25) is 0 Å². The Bertz CT molecular complexity index is 434. The zero-order valence-electron chi connectivity index (χ0n) is 7.98. The number of benzene rings is 1. The monoisotopic (exact) mass is 204 g/mol. The highest BCUT2D eigenvalue weighted by atomic mass is 16.5. The minimum absolute atomic E-state index is 0.401. The third-order valence-electron chi connectivity index (χ3n) is 1.62. The molecule has 15 heavy (non-hydrogen) atoms. The van der Waals surface area contributed by atoms with E-state index < -0.39 is 11.9 Å². The SMILES string of the molecule is COC(=O)c1ccc(C#CC(=O)O)cc1. The first-order chi connectivity index (χ1) is 7.13. The fraction of sp³-hybridized carbons (Fsp3) is 0.0909. The van der Waals surface area contributed by atoms with Crippen LogP contribution in [0.25, 0.3) is 0 Å². The van der Waals surface area contributed by atoms with Gasteiger partial charge in [0.2, 0.25) is 0 Å². The molecular weight excluding hydrogens is 196 g/mol. The van der Waals surface area contributed by atoms with E-state index in [-0.39, 0.29) is 0 Å². The number of carbonyl (C=O) groups is 2. The van der Waals surface area contributed by atoms with Gasteiger partial charge in [-0.2, -0.15) is 0 Å². The molecule has 76 valence electrons. The van der Waals surface area contributed by atoms with Gasteiger partial charge in [0.1, 0.15) is 0 Å². The highest BCUT2D eigenvalue weighted by Gasteiger charge is 2.02. The summed E-state index contributed by atoms with van der Waals surface area (Å²) in [6.07, 6.45) is 0. The van der Waals surface area contributed by atoms with Crippen molar-refractivity contribution in [3.63, 3.8) is 0 Å². The number of carboxylic acids is 1. The molecule has 0 aromatic heterocycles. The average Bonchev–Trinajstić information content (AvgIpc) is 2.26. The molecule has 0 aliphatic carbocycles. The predicted molar refractivity (Wildman–Crippen MR) is 52.3 cm³/mol. The fourth-order valence-corrected chi connectivity index (χ4v) is 0.933. The Balaban J connectivity index is 2.87. The van der Waals surface area contributed by atoms with Crippen LogP contribution in [0.1, 0.15) is 15.9 Å². The molecule has 1 rings (SSSR count). The first-order valence-electron chi connectivity index (χ1n) is 4.07. The van der Waals surface area contributed by atoms with Crippen molar-refractivity contribution in [2.24, 2.45) is 0 Å². The number of aliphatic carboxylic acids is 1. The average molecular weight is 204 g/mol. The molecule has 0 aliphatic heterocycles. The summed E-state index contributed by atoms with van der Waals surface area (Å²) in [7, 11) is 1.29. The largest absolute Gasteiger partial charge is 0.472 e. The smallest absolute Gasteiger partial charge is 0.382 e. The van der Waals surface area contributed by atoms with E-state index in [9.17, 15) is 9.59 Å². The molecule has 1 aromatic carbocycles. The van der Waals surface area contributed by atoms with Gasteiger partial charge >= 0.3 is 11.9 Å². The number of carbonyl (C=O) groups excluding carboxylic acids is 1. The minimum atomic E-state index is -1.19. The van der Waals surface area contributed by atoms with E-state index in [0.717, 1.165) is 0 Å². The Morgan fingerprint density at radius 3 is 2.33 bits per heavy atom. The lowest BCUT2D eigenvalue weighted by molar-refractivity contribution is -0.130. The van der Waals surface area contributed by atoms with Crippen LogP contribution < -0.4 is 0 Å². The number of ether oxygens (including phenoxy) is 1. The molecule has 0 fully saturated rings. The Kier molecular flexibility index (Phi) is 3.47. The lowest BCUT2D eigenvalue weighted by Gasteiger charge is -1.97. The molecule has 0 aliphatic rings. The van der Waals surface area contributed by atoms with Gasteiger partial charge in [0.25, 0.3) is 0 Å². The molecule has 1 N–H and O–H groups in total. The van der Waals surface area contributed by atoms with Crippen molar-refractivity contribution >= 4 is 11.9 Å². The van der Waals surface area contributed by atoms with Gasteiger partial charge in [0, 0.05) is 11.5 Å². The van der Waals surface area contributed by atoms with Gasteiger partial charge in [-0.3, -0.25) is 0 Å². The van der Waals surface area contributed by atoms with Crippen LogP contribution in [-0.2, 0) is 9.53 Å². The quantitative estimate of drug-likeness (QED) is 0.545. The second kappa shape index (κ2) is 4.82. The van der Waals surface area contributed by atoms with Crippen molar-refractivity contribution in [3.8, 4) is 11.8 Å². The zero-order valence-corrected chi connectivity index (χ0v) is 7.98. The van der Waals surface area contributed by atoms with Crippen LogP contribution in [0, 0.1) is 11.8 Å². The predicted octanol–water partition coefficient (Wildman–Crippen LogP) is 0.909. The van der Waals surface area contributed by atoms with Crippen LogP contribution in [0.3, 0.4) is 0 Å². The van der Waals surface area contributed by atoms with Crippen molar-refractivity contribution in [1.82, 2.24) is 0 Å². The molecule has 0 heterocycles. The molecular formula is C11H8O4. The first-order valence-corrected chi connectivity index (χ1v) is 4.07. The maximum Gasteiger partial charge on any atom is 0.382 e. The summed E-state index contributed by atoms with van der Waals surface area (Å²) in [6.45, 7) is 0. The molecule has 4 heteroatoms. The van der Waals surface area contributed by atoms with Crippen LogP contribution in [0.4, 0.5) is 0 Å². The summed E-state index contributed by atoms with van der Waals surface area (Å²) in [5.41, 5.74) is 0.934. The summed E-state index contributed by atoms with van der Waals surface area (Å²) in [4.78, 5) is 21.2. The van der Waals surface area contributed by atoms with Gasteiger partial charge < -0.3 is 9.84 Å². The minimum Gasteiger partial charge on any atom is -0.472 e. The zero-order chi connectivity index (χ0) is 11.3. The van der Waals surface area contributed by atoms with E-state index in [4.69, 9.17) is 5.11 Å². The Morgan fingerprint density at radius 1 is 1.27 bits per heavy atom. The summed E-state index contributed by atoms with van der Waals surface area (Å²) in [6, 6.07) is 6.17. The number of hydrogen-bond donors (Lipinski definition) is 1. The third kappa shape index (κ3) is 3.16. The lowest BCUT2D eigenvalue weighted by atomic mass is 10.1. The molecule has 0 saturated heterocycles. The van der Waals surface area contributed by atoms with E-state index in [1.165, 1.54) is 19.2 Å². The van der Waals surface area contributed by atoms with E-state index in [1.54, 1.807) is 12.1 Å². The van der Waals surface area contributed by atoms with Crippen LogP contribution in [-0.4, -0.2) is 24.2 Å². The fourth-order valence-electron chi connectivity index (χ4n) is 0.933. The van der Waals surface area contributed by atoms with Crippen molar-refractivity contribution in [1.29, 1.82) is 0 Å². The Hall–Kier alpha value is -2.28. The molecule has 4 nitrogen and oxygen atoms in total. The van der Waals surface area contributed by atoms with Crippen molar-refractivity contribution in [2.45, 2.75) is 0 Å². The second-order valence-electron chi connectivity index (χ2n) is 2.62. The number of hydrogen-bond acceptors (Lipinski definition) is 3. The summed E-state index contributed by atoms with van der Waals surface area (Å²) < 4.78 is 4.51. The molecule has 0 bridgehead atoms. The van der Waals surface area contributed by atoms with E-state index in [1.807, 2.05) is 5.92 Å². The van der Waals surface area contributed by atoms with Gasteiger partial charge in [-0.1, -0.05) is 5.92 Å². The van der Waals surface area contributed by atoms with Crippen molar-refractivity contribution in [3.05, 3.63) is 35.4 Å². The summed E-state index contributed by atoms with van der Waals surface area (Å²) in [5, 5.41) is 8.31. The maximum atomic E-state index is 11.0. The molecule has 0 atom stereocenters. The summed E-state index contributed by atoms with van der Waals surface area (Å²) >= 11 is 0. The van der Waals surface area contributed by atoms with Gasteiger partial charge in [-0.15, -0.1) is 0 Å². The molecule has 0 saturated carbocycles. The van der Waals surface area contributed by atoms with Crippen molar-refractivity contribution < 1.29 is 19.4 Å². The molecule has 0 amide bonds. The molecule has 1 aromatic rings. The second-order valence-corrected chi connectivity index (χ2v) is 2.62. The lowest BCUT2D eigenvalue weighted by Crippen LogP contribution is -2.00. The maximum absolute atomic E-state index is 11.0. The first kappa shape index (κ1) is 10.8. The topological polar surface area (TPSA) is 63.6 Å². The number of methoxy groups -OCH3 is 1. The van der Waals surface area contributed by atoms with E-state index in [0.29, 0.717) is 11.1 Å². The number of carboxylic acid groups (broad SMARTS) is 1. The standard InChI is InChI=1S/C11H8O4/c1-15-11(14)9-5-2-8(3-6-9)4-7-10(12)13/h2-3,5-6H,1H3,(H,12,13). The Morgan fingerprint density at radius 2 is 1.87 bits per heavy atom. The van der Waals surface area contributed by atoms with Gasteiger partial charge in [0.05, 0.1) is 12.7 Å². The molecule has 0 radical (unpaired) electrons. The number of esters is 1. The number of rotatable bonds is 1. The highest BCUT2D eigenvalue weighted by Crippen LogP contribution is 2.04.